The first-order chi connectivity index (χ1) is 7.66. The topological polar surface area (TPSA) is 52.0 Å². The molecule has 2 aromatic rings. The van der Waals surface area contributed by atoms with Gasteiger partial charge in [-0.1, -0.05) is 23.4 Å². The molecule has 82 valence electrons. The van der Waals surface area contributed by atoms with Crippen molar-refractivity contribution < 1.29 is 8.91 Å². The summed E-state index contributed by atoms with van der Waals surface area (Å²) in [5.41, 5.74) is 7.71. The molecular formula is C12H11FN2O. The molecule has 0 atom stereocenters. The Morgan fingerprint density at radius 1 is 1.25 bits per heavy atom. The van der Waals surface area contributed by atoms with E-state index in [1.165, 1.54) is 12.1 Å². The standard InChI is InChI=1S/C12H11FN2O/c1-8-12(14)11(15-16-8)7-4-9-2-5-10(13)6-3-9/h2-7H,14H2,1H3. The summed E-state index contributed by atoms with van der Waals surface area (Å²) in [4.78, 5) is 0. The highest BCUT2D eigenvalue weighted by molar-refractivity contribution is 5.73. The predicted molar refractivity (Wildman–Crippen MR) is 61.0 cm³/mol. The second-order valence-electron chi connectivity index (χ2n) is 3.42. The smallest absolute Gasteiger partial charge is 0.157 e. The monoisotopic (exact) mass is 218 g/mol. The lowest BCUT2D eigenvalue weighted by Crippen LogP contribution is -1.86. The summed E-state index contributed by atoms with van der Waals surface area (Å²) in [5, 5.41) is 3.79. The molecule has 0 saturated heterocycles. The first-order valence-electron chi connectivity index (χ1n) is 4.82. The van der Waals surface area contributed by atoms with Gasteiger partial charge in [0.15, 0.2) is 5.76 Å². The molecule has 1 heterocycles. The number of nitrogen functional groups attached to an aromatic ring is 1. The Morgan fingerprint density at radius 2 is 1.94 bits per heavy atom. The quantitative estimate of drug-likeness (QED) is 0.843. The minimum absolute atomic E-state index is 0.256. The number of aromatic nitrogens is 1. The molecule has 0 unspecified atom stereocenters. The highest BCUT2D eigenvalue weighted by Gasteiger charge is 2.04. The van der Waals surface area contributed by atoms with Crippen LogP contribution in [0.5, 0.6) is 0 Å². The van der Waals surface area contributed by atoms with Gasteiger partial charge in [-0.2, -0.15) is 0 Å². The van der Waals surface area contributed by atoms with Gasteiger partial charge in [0, 0.05) is 0 Å². The molecule has 0 aliphatic carbocycles. The molecule has 2 N–H and O–H groups in total. The van der Waals surface area contributed by atoms with Gasteiger partial charge in [0.05, 0.1) is 0 Å². The zero-order chi connectivity index (χ0) is 11.5. The van der Waals surface area contributed by atoms with E-state index >= 15 is 0 Å². The van der Waals surface area contributed by atoms with Gasteiger partial charge in [0.25, 0.3) is 0 Å². The third kappa shape index (κ3) is 2.11. The minimum atomic E-state index is -0.256. The number of anilines is 1. The number of nitrogens with two attached hydrogens (primary N) is 1. The molecule has 0 fully saturated rings. The van der Waals surface area contributed by atoms with Crippen molar-refractivity contribution in [3.05, 3.63) is 47.1 Å². The Bertz CT molecular complexity index is 514. The van der Waals surface area contributed by atoms with Crippen LogP contribution in [0.15, 0.2) is 28.8 Å². The molecule has 0 aliphatic heterocycles. The summed E-state index contributed by atoms with van der Waals surface area (Å²) < 4.78 is 17.6. The summed E-state index contributed by atoms with van der Waals surface area (Å²) in [7, 11) is 0. The van der Waals surface area contributed by atoms with Gasteiger partial charge >= 0.3 is 0 Å². The molecular weight excluding hydrogens is 207 g/mol. The van der Waals surface area contributed by atoms with E-state index in [0.29, 0.717) is 17.1 Å². The van der Waals surface area contributed by atoms with E-state index in [-0.39, 0.29) is 5.82 Å². The number of benzene rings is 1. The molecule has 0 saturated carbocycles. The summed E-state index contributed by atoms with van der Waals surface area (Å²) >= 11 is 0. The lowest BCUT2D eigenvalue weighted by atomic mass is 10.2. The fourth-order valence-corrected chi connectivity index (χ4v) is 1.27. The van der Waals surface area contributed by atoms with E-state index in [1.54, 1.807) is 31.2 Å². The predicted octanol–water partition coefficient (Wildman–Crippen LogP) is 2.87. The van der Waals surface area contributed by atoms with Crippen molar-refractivity contribution in [1.82, 2.24) is 5.16 Å². The highest BCUT2D eigenvalue weighted by atomic mass is 19.1. The van der Waals surface area contributed by atoms with Gasteiger partial charge in [-0.15, -0.1) is 0 Å². The van der Waals surface area contributed by atoms with Crippen LogP contribution < -0.4 is 5.73 Å². The molecule has 0 amide bonds. The number of hydrogen-bond donors (Lipinski definition) is 1. The van der Waals surface area contributed by atoms with E-state index in [1.807, 2.05) is 0 Å². The van der Waals surface area contributed by atoms with Crippen molar-refractivity contribution in [3.63, 3.8) is 0 Å². The molecule has 1 aromatic carbocycles. The molecule has 1 aromatic heterocycles. The van der Waals surface area contributed by atoms with Crippen LogP contribution in [0.1, 0.15) is 17.0 Å². The summed E-state index contributed by atoms with van der Waals surface area (Å²) in [6.45, 7) is 1.75. The average Bonchev–Trinajstić information content (AvgIpc) is 2.60. The molecule has 16 heavy (non-hydrogen) atoms. The van der Waals surface area contributed by atoms with Crippen LogP contribution in [0.25, 0.3) is 12.2 Å². The van der Waals surface area contributed by atoms with Crippen molar-refractivity contribution in [2.75, 3.05) is 5.73 Å². The van der Waals surface area contributed by atoms with E-state index in [0.717, 1.165) is 5.56 Å². The van der Waals surface area contributed by atoms with E-state index in [9.17, 15) is 4.39 Å². The number of halogens is 1. The first kappa shape index (κ1) is 10.4. The Balaban J connectivity index is 2.21. The van der Waals surface area contributed by atoms with Crippen LogP contribution in [0, 0.1) is 12.7 Å². The largest absolute Gasteiger partial charge is 0.394 e. The number of aryl methyl sites for hydroxylation is 1. The Labute approximate surface area is 92.4 Å². The normalized spacial score (nSPS) is 11.1. The zero-order valence-electron chi connectivity index (χ0n) is 8.77. The average molecular weight is 218 g/mol. The summed E-state index contributed by atoms with van der Waals surface area (Å²) in [5.74, 6) is 0.340. The van der Waals surface area contributed by atoms with Crippen LogP contribution in [0.3, 0.4) is 0 Å². The van der Waals surface area contributed by atoms with Crippen molar-refractivity contribution in [3.8, 4) is 0 Å². The lowest BCUT2D eigenvalue weighted by Gasteiger charge is -1.92. The lowest BCUT2D eigenvalue weighted by molar-refractivity contribution is 0.397. The maximum Gasteiger partial charge on any atom is 0.157 e. The third-order valence-corrected chi connectivity index (χ3v) is 2.24. The fourth-order valence-electron chi connectivity index (χ4n) is 1.27. The molecule has 0 aliphatic rings. The van der Waals surface area contributed by atoms with Crippen LogP contribution in [0.2, 0.25) is 0 Å². The van der Waals surface area contributed by atoms with Crippen molar-refractivity contribution in [2.24, 2.45) is 0 Å². The number of nitrogens with zero attached hydrogens (tertiary/aromatic N) is 1. The molecule has 0 bridgehead atoms. The van der Waals surface area contributed by atoms with Gasteiger partial charge in [0.1, 0.15) is 17.2 Å². The van der Waals surface area contributed by atoms with E-state index < -0.39 is 0 Å². The molecule has 4 heteroatoms. The van der Waals surface area contributed by atoms with Gasteiger partial charge in [-0.25, -0.2) is 4.39 Å². The minimum Gasteiger partial charge on any atom is -0.394 e. The van der Waals surface area contributed by atoms with Gasteiger partial charge in [-0.3, -0.25) is 0 Å². The van der Waals surface area contributed by atoms with Crippen molar-refractivity contribution in [1.29, 1.82) is 0 Å². The molecule has 0 radical (unpaired) electrons. The Morgan fingerprint density at radius 3 is 2.50 bits per heavy atom. The SMILES string of the molecule is Cc1onc(C=Cc2ccc(F)cc2)c1N. The van der Waals surface area contributed by atoms with Crippen LogP contribution in [0.4, 0.5) is 10.1 Å². The molecule has 2 rings (SSSR count). The van der Waals surface area contributed by atoms with E-state index in [2.05, 4.69) is 5.16 Å². The van der Waals surface area contributed by atoms with Crippen LogP contribution in [-0.4, -0.2) is 5.16 Å². The van der Waals surface area contributed by atoms with Crippen molar-refractivity contribution in [2.45, 2.75) is 6.92 Å². The second-order valence-corrected chi connectivity index (χ2v) is 3.42. The van der Waals surface area contributed by atoms with Gasteiger partial charge in [0.2, 0.25) is 0 Å². The Hall–Kier alpha value is -2.10. The fraction of sp³-hybridized carbons (Fsp3) is 0.0833. The summed E-state index contributed by atoms with van der Waals surface area (Å²) in [6.07, 6.45) is 3.53. The van der Waals surface area contributed by atoms with Gasteiger partial charge < -0.3 is 10.3 Å². The Kier molecular flexibility index (Phi) is 2.72. The third-order valence-electron chi connectivity index (χ3n) is 2.24. The molecule has 3 nitrogen and oxygen atoms in total. The number of hydrogen-bond acceptors (Lipinski definition) is 3. The summed E-state index contributed by atoms with van der Waals surface area (Å²) in [6, 6.07) is 6.15. The maximum atomic E-state index is 12.6. The highest BCUT2D eigenvalue weighted by Crippen LogP contribution is 2.18. The van der Waals surface area contributed by atoms with Gasteiger partial charge in [-0.05, 0) is 30.7 Å². The molecule has 0 spiro atoms. The second kappa shape index (κ2) is 4.18. The van der Waals surface area contributed by atoms with Crippen LogP contribution in [-0.2, 0) is 0 Å². The van der Waals surface area contributed by atoms with Crippen molar-refractivity contribution >= 4 is 17.8 Å². The maximum absolute atomic E-state index is 12.6. The number of rotatable bonds is 2. The zero-order valence-corrected chi connectivity index (χ0v) is 8.77. The van der Waals surface area contributed by atoms with Crippen LogP contribution >= 0.6 is 0 Å². The first-order valence-corrected chi connectivity index (χ1v) is 4.82. The van der Waals surface area contributed by atoms with E-state index in [4.69, 9.17) is 10.3 Å².